The summed E-state index contributed by atoms with van der Waals surface area (Å²) >= 11 is 1.31. The number of nitrogens with zero attached hydrogens (tertiary/aromatic N) is 1. The van der Waals surface area contributed by atoms with Gasteiger partial charge in [-0.1, -0.05) is 42.5 Å². The molecule has 0 radical (unpaired) electrons. The molecule has 0 aliphatic carbocycles. The SMILES string of the molecule is Cc1ccccc1C(CC(=O)O)NC(=O)c1csc(Nc2ccccc2)n1. The molecule has 7 heteroatoms. The molecule has 138 valence electrons. The van der Waals surface area contributed by atoms with Crippen molar-refractivity contribution in [2.45, 2.75) is 19.4 Å². The van der Waals surface area contributed by atoms with E-state index >= 15 is 0 Å². The van der Waals surface area contributed by atoms with Crippen LogP contribution in [0.15, 0.2) is 60.0 Å². The van der Waals surface area contributed by atoms with Gasteiger partial charge in [-0.15, -0.1) is 11.3 Å². The Morgan fingerprint density at radius 1 is 1.11 bits per heavy atom. The number of aromatic nitrogens is 1. The van der Waals surface area contributed by atoms with Gasteiger partial charge in [0.2, 0.25) is 0 Å². The monoisotopic (exact) mass is 381 g/mol. The molecule has 27 heavy (non-hydrogen) atoms. The summed E-state index contributed by atoms with van der Waals surface area (Å²) in [6.07, 6.45) is -0.199. The number of aliphatic carboxylic acids is 1. The van der Waals surface area contributed by atoms with E-state index in [9.17, 15) is 14.7 Å². The van der Waals surface area contributed by atoms with Gasteiger partial charge in [0.05, 0.1) is 12.5 Å². The van der Waals surface area contributed by atoms with Crippen molar-refractivity contribution in [1.29, 1.82) is 0 Å². The number of rotatable bonds is 7. The third kappa shape index (κ3) is 4.92. The van der Waals surface area contributed by atoms with Crippen molar-refractivity contribution in [3.05, 3.63) is 76.8 Å². The van der Waals surface area contributed by atoms with Crippen LogP contribution in [-0.2, 0) is 4.79 Å². The Balaban J connectivity index is 1.74. The lowest BCUT2D eigenvalue weighted by molar-refractivity contribution is -0.137. The number of benzene rings is 2. The molecule has 0 saturated heterocycles. The summed E-state index contributed by atoms with van der Waals surface area (Å²) in [5.74, 6) is -1.38. The van der Waals surface area contributed by atoms with Crippen molar-refractivity contribution < 1.29 is 14.7 Å². The van der Waals surface area contributed by atoms with Crippen LogP contribution in [0.5, 0.6) is 0 Å². The standard InChI is InChI=1S/C20H19N3O3S/c1-13-7-5-6-10-15(13)16(11-18(24)25)22-19(26)17-12-27-20(23-17)21-14-8-3-2-4-9-14/h2-10,12,16H,11H2,1H3,(H,21,23)(H,22,26)(H,24,25). The normalized spacial score (nSPS) is 11.6. The van der Waals surface area contributed by atoms with Gasteiger partial charge >= 0.3 is 5.97 Å². The molecule has 1 aromatic heterocycles. The maximum Gasteiger partial charge on any atom is 0.305 e. The summed E-state index contributed by atoms with van der Waals surface area (Å²) in [6.45, 7) is 1.89. The smallest absolute Gasteiger partial charge is 0.305 e. The zero-order chi connectivity index (χ0) is 19.2. The quantitative estimate of drug-likeness (QED) is 0.572. The molecule has 0 spiro atoms. The number of thiazole rings is 1. The molecule has 0 aliphatic heterocycles. The molecule has 0 fully saturated rings. The van der Waals surface area contributed by atoms with Gasteiger partial charge in [-0.2, -0.15) is 0 Å². The van der Waals surface area contributed by atoms with Crippen LogP contribution in [0.25, 0.3) is 0 Å². The molecule has 3 aromatic rings. The van der Waals surface area contributed by atoms with Crippen molar-refractivity contribution in [3.63, 3.8) is 0 Å². The Morgan fingerprint density at radius 3 is 2.52 bits per heavy atom. The lowest BCUT2D eigenvalue weighted by Gasteiger charge is -2.18. The summed E-state index contributed by atoms with van der Waals surface area (Å²) in [6, 6.07) is 16.3. The maximum atomic E-state index is 12.6. The highest BCUT2D eigenvalue weighted by Gasteiger charge is 2.21. The number of carbonyl (C=O) groups excluding carboxylic acids is 1. The zero-order valence-electron chi connectivity index (χ0n) is 14.7. The van der Waals surface area contributed by atoms with E-state index in [2.05, 4.69) is 15.6 Å². The molecule has 1 amide bonds. The topological polar surface area (TPSA) is 91.3 Å². The molecule has 6 nitrogen and oxygen atoms in total. The lowest BCUT2D eigenvalue weighted by Crippen LogP contribution is -2.30. The van der Waals surface area contributed by atoms with Crippen LogP contribution in [0.4, 0.5) is 10.8 Å². The number of aryl methyl sites for hydroxylation is 1. The first-order chi connectivity index (χ1) is 13.0. The van der Waals surface area contributed by atoms with Crippen molar-refractivity contribution in [2.24, 2.45) is 0 Å². The number of anilines is 2. The Hall–Kier alpha value is -3.19. The number of carboxylic acids is 1. The van der Waals surface area contributed by atoms with Crippen LogP contribution in [0.1, 0.15) is 34.1 Å². The molecular formula is C20H19N3O3S. The van der Waals surface area contributed by atoms with Crippen molar-refractivity contribution in [3.8, 4) is 0 Å². The first-order valence-electron chi connectivity index (χ1n) is 8.38. The summed E-state index contributed by atoms with van der Waals surface area (Å²) in [5.41, 5.74) is 2.84. The van der Waals surface area contributed by atoms with Gasteiger partial charge in [0.15, 0.2) is 5.13 Å². The molecule has 0 saturated carbocycles. The van der Waals surface area contributed by atoms with Gasteiger partial charge in [0.1, 0.15) is 5.69 Å². The molecule has 2 aromatic carbocycles. The van der Waals surface area contributed by atoms with Crippen molar-refractivity contribution in [1.82, 2.24) is 10.3 Å². The highest BCUT2D eigenvalue weighted by Crippen LogP contribution is 2.23. The van der Waals surface area contributed by atoms with E-state index < -0.39 is 17.9 Å². The Labute approximate surface area is 160 Å². The molecule has 0 bridgehead atoms. The maximum absolute atomic E-state index is 12.6. The Morgan fingerprint density at radius 2 is 1.81 bits per heavy atom. The van der Waals surface area contributed by atoms with Crippen LogP contribution in [0.3, 0.4) is 0 Å². The highest BCUT2D eigenvalue weighted by atomic mass is 32.1. The molecule has 3 N–H and O–H groups in total. The van der Waals surface area contributed by atoms with Gasteiger partial charge in [-0.3, -0.25) is 9.59 Å². The minimum absolute atomic E-state index is 0.199. The first-order valence-corrected chi connectivity index (χ1v) is 9.26. The second-order valence-electron chi connectivity index (χ2n) is 6.01. The van der Waals surface area contributed by atoms with Crippen LogP contribution >= 0.6 is 11.3 Å². The molecule has 1 unspecified atom stereocenters. The summed E-state index contributed by atoms with van der Waals surface area (Å²) < 4.78 is 0. The number of para-hydroxylation sites is 1. The second kappa shape index (κ2) is 8.46. The lowest BCUT2D eigenvalue weighted by atomic mass is 9.98. The Bertz CT molecular complexity index is 940. The van der Waals surface area contributed by atoms with E-state index in [0.29, 0.717) is 5.13 Å². The molecule has 1 atom stereocenters. The van der Waals surface area contributed by atoms with Gasteiger partial charge in [-0.05, 0) is 30.2 Å². The van der Waals surface area contributed by atoms with Gasteiger partial charge in [0, 0.05) is 11.1 Å². The predicted octanol–water partition coefficient (Wildman–Crippen LogP) is 4.14. The molecular weight excluding hydrogens is 362 g/mol. The average molecular weight is 381 g/mol. The average Bonchev–Trinajstić information content (AvgIpc) is 3.11. The first kappa shape index (κ1) is 18.6. The fraction of sp³-hybridized carbons (Fsp3) is 0.150. The van der Waals surface area contributed by atoms with Crippen LogP contribution < -0.4 is 10.6 Å². The number of amides is 1. The van der Waals surface area contributed by atoms with Crippen LogP contribution in [0, 0.1) is 6.92 Å². The van der Waals surface area contributed by atoms with E-state index in [-0.39, 0.29) is 12.1 Å². The van der Waals surface area contributed by atoms with Gasteiger partial charge in [-0.25, -0.2) is 4.98 Å². The van der Waals surface area contributed by atoms with E-state index in [1.807, 2.05) is 61.5 Å². The largest absolute Gasteiger partial charge is 0.481 e. The van der Waals surface area contributed by atoms with E-state index in [1.54, 1.807) is 5.38 Å². The number of carbonyl (C=O) groups is 2. The van der Waals surface area contributed by atoms with Crippen molar-refractivity contribution in [2.75, 3.05) is 5.32 Å². The van der Waals surface area contributed by atoms with Gasteiger partial charge in [0.25, 0.3) is 5.91 Å². The van der Waals surface area contributed by atoms with Crippen LogP contribution in [0.2, 0.25) is 0 Å². The third-order valence-electron chi connectivity index (χ3n) is 4.01. The fourth-order valence-electron chi connectivity index (χ4n) is 2.70. The minimum Gasteiger partial charge on any atom is -0.481 e. The molecule has 0 aliphatic rings. The molecule has 3 rings (SSSR count). The van der Waals surface area contributed by atoms with E-state index in [0.717, 1.165) is 16.8 Å². The summed E-state index contributed by atoms with van der Waals surface area (Å²) in [5, 5.41) is 17.4. The summed E-state index contributed by atoms with van der Waals surface area (Å²) in [7, 11) is 0. The van der Waals surface area contributed by atoms with E-state index in [1.165, 1.54) is 11.3 Å². The van der Waals surface area contributed by atoms with E-state index in [4.69, 9.17) is 0 Å². The number of hydrogen-bond acceptors (Lipinski definition) is 5. The Kier molecular flexibility index (Phi) is 5.83. The summed E-state index contributed by atoms with van der Waals surface area (Å²) in [4.78, 5) is 28.1. The van der Waals surface area contributed by atoms with Crippen LogP contribution in [-0.4, -0.2) is 22.0 Å². The zero-order valence-corrected chi connectivity index (χ0v) is 15.5. The number of carboxylic acid groups (broad SMARTS) is 1. The van der Waals surface area contributed by atoms with Gasteiger partial charge < -0.3 is 15.7 Å². The minimum atomic E-state index is -0.978. The van der Waals surface area contributed by atoms with Crippen molar-refractivity contribution >= 4 is 34.0 Å². The predicted molar refractivity (Wildman–Crippen MR) is 105 cm³/mol. The highest BCUT2D eigenvalue weighted by molar-refractivity contribution is 7.14. The molecule has 1 heterocycles. The fourth-order valence-corrected chi connectivity index (χ4v) is 3.41. The number of nitrogens with one attached hydrogen (secondary N) is 2. The third-order valence-corrected chi connectivity index (χ3v) is 4.77. The number of hydrogen-bond donors (Lipinski definition) is 3. The second-order valence-corrected chi connectivity index (χ2v) is 6.87.